The highest BCUT2D eigenvalue weighted by Crippen LogP contribution is 2.37. The third kappa shape index (κ3) is 1.64. The van der Waals surface area contributed by atoms with E-state index in [4.69, 9.17) is 4.74 Å². The van der Waals surface area contributed by atoms with E-state index in [0.717, 1.165) is 0 Å². The van der Waals surface area contributed by atoms with Crippen molar-refractivity contribution in [3.8, 4) is 0 Å². The van der Waals surface area contributed by atoms with Gasteiger partial charge in [-0.05, 0) is 13.8 Å². The summed E-state index contributed by atoms with van der Waals surface area (Å²) in [6.07, 6.45) is 0. The van der Waals surface area contributed by atoms with Gasteiger partial charge in [-0.25, -0.2) is 0 Å². The fraction of sp³-hybridized carbons (Fsp3) is 0.900. The summed E-state index contributed by atoms with van der Waals surface area (Å²) >= 11 is 0. The van der Waals surface area contributed by atoms with Gasteiger partial charge < -0.3 is 9.84 Å². The average Bonchev–Trinajstić information content (AvgIpc) is 2.26. The highest BCUT2D eigenvalue weighted by Gasteiger charge is 2.56. The van der Waals surface area contributed by atoms with E-state index >= 15 is 0 Å². The second-order valence-corrected chi connectivity index (χ2v) is 4.89. The molecule has 1 unspecified atom stereocenters. The molecule has 82 valence electrons. The number of carboxylic acids is 1. The Hall–Kier alpha value is -0.610. The number of ether oxygens (including phenoxy) is 1. The third-order valence-electron chi connectivity index (χ3n) is 2.84. The SMILES string of the molecule is CC(C)NC1(C(=O)O)COCC1(C)C. The van der Waals surface area contributed by atoms with Crippen LogP contribution in [0.1, 0.15) is 27.7 Å². The fourth-order valence-electron chi connectivity index (χ4n) is 1.92. The van der Waals surface area contributed by atoms with Crippen LogP contribution >= 0.6 is 0 Å². The Morgan fingerprint density at radius 3 is 2.29 bits per heavy atom. The third-order valence-corrected chi connectivity index (χ3v) is 2.84. The van der Waals surface area contributed by atoms with Crippen LogP contribution in [0.4, 0.5) is 0 Å². The summed E-state index contributed by atoms with van der Waals surface area (Å²) in [6, 6.07) is 0.132. The van der Waals surface area contributed by atoms with Crippen LogP contribution in [0.5, 0.6) is 0 Å². The Bertz CT molecular complexity index is 238. The number of hydrogen-bond acceptors (Lipinski definition) is 3. The zero-order valence-electron chi connectivity index (χ0n) is 9.26. The molecule has 1 fully saturated rings. The molecule has 2 N–H and O–H groups in total. The predicted octanol–water partition coefficient (Wildman–Crippen LogP) is 0.864. The zero-order valence-corrected chi connectivity index (χ0v) is 9.26. The van der Waals surface area contributed by atoms with Crippen molar-refractivity contribution in [2.24, 2.45) is 5.41 Å². The molecule has 1 aliphatic rings. The van der Waals surface area contributed by atoms with Crippen molar-refractivity contribution in [2.75, 3.05) is 13.2 Å². The summed E-state index contributed by atoms with van der Waals surface area (Å²) in [5, 5.41) is 12.4. The molecule has 1 aliphatic heterocycles. The summed E-state index contributed by atoms with van der Waals surface area (Å²) < 4.78 is 5.29. The Balaban J connectivity index is 2.98. The fourth-order valence-corrected chi connectivity index (χ4v) is 1.92. The van der Waals surface area contributed by atoms with Crippen molar-refractivity contribution >= 4 is 5.97 Å². The molecule has 0 aliphatic carbocycles. The normalized spacial score (nSPS) is 30.9. The van der Waals surface area contributed by atoms with Crippen molar-refractivity contribution in [1.29, 1.82) is 0 Å². The predicted molar refractivity (Wildman–Crippen MR) is 53.2 cm³/mol. The number of hydrogen-bond donors (Lipinski definition) is 2. The molecule has 4 nitrogen and oxygen atoms in total. The number of nitrogens with one attached hydrogen (secondary N) is 1. The van der Waals surface area contributed by atoms with E-state index in [9.17, 15) is 9.90 Å². The molecule has 0 spiro atoms. The van der Waals surface area contributed by atoms with Crippen molar-refractivity contribution < 1.29 is 14.6 Å². The minimum atomic E-state index is -0.943. The maximum absolute atomic E-state index is 11.3. The first-order valence-electron chi connectivity index (χ1n) is 4.91. The van der Waals surface area contributed by atoms with Gasteiger partial charge in [0.1, 0.15) is 5.54 Å². The minimum absolute atomic E-state index is 0.132. The molecule has 1 heterocycles. The zero-order chi connectivity index (χ0) is 11.0. The van der Waals surface area contributed by atoms with E-state index in [-0.39, 0.29) is 18.1 Å². The second kappa shape index (κ2) is 3.51. The highest BCUT2D eigenvalue weighted by molar-refractivity contribution is 5.80. The Morgan fingerprint density at radius 1 is 1.43 bits per heavy atom. The number of carboxylic acid groups (broad SMARTS) is 1. The van der Waals surface area contributed by atoms with Crippen LogP contribution in [0.3, 0.4) is 0 Å². The van der Waals surface area contributed by atoms with E-state index in [1.165, 1.54) is 0 Å². The molecular formula is C10H19NO3. The molecule has 4 heteroatoms. The van der Waals surface area contributed by atoms with Crippen LogP contribution in [0.15, 0.2) is 0 Å². The largest absolute Gasteiger partial charge is 0.480 e. The van der Waals surface area contributed by atoms with Gasteiger partial charge in [0.05, 0.1) is 13.2 Å². The van der Waals surface area contributed by atoms with Gasteiger partial charge >= 0.3 is 5.97 Å². The Labute approximate surface area is 84.6 Å². The lowest BCUT2D eigenvalue weighted by atomic mass is 9.74. The molecule has 1 atom stereocenters. The molecule has 0 bridgehead atoms. The van der Waals surface area contributed by atoms with Gasteiger partial charge in [-0.15, -0.1) is 0 Å². The molecule has 0 aromatic heterocycles. The lowest BCUT2D eigenvalue weighted by Crippen LogP contribution is -2.63. The van der Waals surface area contributed by atoms with Crippen molar-refractivity contribution in [1.82, 2.24) is 5.32 Å². The summed E-state index contributed by atoms with van der Waals surface area (Å²) in [7, 11) is 0. The number of rotatable bonds is 3. The van der Waals surface area contributed by atoms with Gasteiger partial charge in [0.2, 0.25) is 0 Å². The van der Waals surface area contributed by atoms with Crippen LogP contribution < -0.4 is 5.32 Å². The van der Waals surface area contributed by atoms with Crippen LogP contribution in [-0.2, 0) is 9.53 Å². The van der Waals surface area contributed by atoms with Crippen molar-refractivity contribution in [2.45, 2.75) is 39.3 Å². The molecule has 1 saturated heterocycles. The van der Waals surface area contributed by atoms with E-state index in [2.05, 4.69) is 5.32 Å². The van der Waals surface area contributed by atoms with Gasteiger partial charge in [0.15, 0.2) is 0 Å². The second-order valence-electron chi connectivity index (χ2n) is 4.89. The molecule has 1 rings (SSSR count). The van der Waals surface area contributed by atoms with Gasteiger partial charge in [0.25, 0.3) is 0 Å². The number of aliphatic carboxylic acids is 1. The molecular weight excluding hydrogens is 182 g/mol. The van der Waals surface area contributed by atoms with Crippen LogP contribution in [-0.4, -0.2) is 35.9 Å². The van der Waals surface area contributed by atoms with E-state index in [0.29, 0.717) is 6.61 Å². The first-order chi connectivity index (χ1) is 6.32. The smallest absolute Gasteiger partial charge is 0.326 e. The first-order valence-corrected chi connectivity index (χ1v) is 4.91. The standard InChI is InChI=1S/C10H19NO3/c1-7(2)11-10(8(12)13)6-14-5-9(10,3)4/h7,11H,5-6H2,1-4H3,(H,12,13). The molecule has 0 amide bonds. The molecule has 14 heavy (non-hydrogen) atoms. The Morgan fingerprint density at radius 2 is 2.00 bits per heavy atom. The first kappa shape index (κ1) is 11.5. The summed E-state index contributed by atoms with van der Waals surface area (Å²) in [6.45, 7) is 8.46. The molecule has 0 aromatic carbocycles. The molecule has 0 saturated carbocycles. The van der Waals surface area contributed by atoms with Gasteiger partial charge in [-0.1, -0.05) is 13.8 Å². The maximum Gasteiger partial charge on any atom is 0.326 e. The van der Waals surface area contributed by atoms with E-state index in [1.54, 1.807) is 0 Å². The van der Waals surface area contributed by atoms with Gasteiger partial charge in [-0.3, -0.25) is 10.1 Å². The molecule has 0 radical (unpaired) electrons. The lowest BCUT2D eigenvalue weighted by molar-refractivity contribution is -0.148. The number of carbonyl (C=O) groups is 1. The quantitative estimate of drug-likeness (QED) is 0.711. The van der Waals surface area contributed by atoms with Crippen molar-refractivity contribution in [3.63, 3.8) is 0 Å². The maximum atomic E-state index is 11.3. The average molecular weight is 201 g/mol. The topological polar surface area (TPSA) is 58.6 Å². The van der Waals surface area contributed by atoms with Gasteiger partial charge in [-0.2, -0.15) is 0 Å². The van der Waals surface area contributed by atoms with Crippen molar-refractivity contribution in [3.05, 3.63) is 0 Å². The van der Waals surface area contributed by atoms with E-state index < -0.39 is 11.5 Å². The van der Waals surface area contributed by atoms with Crippen LogP contribution in [0.25, 0.3) is 0 Å². The Kier molecular flexibility index (Phi) is 2.88. The molecule has 0 aromatic rings. The van der Waals surface area contributed by atoms with E-state index in [1.807, 2.05) is 27.7 Å². The van der Waals surface area contributed by atoms with Crippen LogP contribution in [0, 0.1) is 5.41 Å². The minimum Gasteiger partial charge on any atom is -0.480 e. The summed E-state index contributed by atoms with van der Waals surface area (Å²) in [4.78, 5) is 11.3. The summed E-state index contributed by atoms with van der Waals surface area (Å²) in [5.74, 6) is -0.825. The highest BCUT2D eigenvalue weighted by atomic mass is 16.5. The summed E-state index contributed by atoms with van der Waals surface area (Å²) in [5.41, 5.74) is -1.32. The monoisotopic (exact) mass is 201 g/mol. The van der Waals surface area contributed by atoms with Gasteiger partial charge in [0, 0.05) is 11.5 Å². The van der Waals surface area contributed by atoms with Crippen LogP contribution in [0.2, 0.25) is 0 Å². The lowest BCUT2D eigenvalue weighted by Gasteiger charge is -2.37.